The number of carboxylic acid groups (broad SMARTS) is 1. The molecule has 1 aromatic rings. The van der Waals surface area contributed by atoms with E-state index in [1.165, 1.54) is 4.90 Å². The van der Waals surface area contributed by atoms with Crippen LogP contribution in [0, 0.1) is 5.41 Å². The molecule has 4 unspecified atom stereocenters. The Morgan fingerprint density at radius 3 is 2.40 bits per heavy atom. The van der Waals surface area contributed by atoms with E-state index >= 15 is 0 Å². The molecule has 1 amide bonds. The highest BCUT2D eigenvalue weighted by molar-refractivity contribution is 7.89. The topological polar surface area (TPSA) is 214 Å². The van der Waals surface area contributed by atoms with Crippen LogP contribution >= 0.6 is 0 Å². The molecule has 1 aromatic carbocycles. The van der Waals surface area contributed by atoms with Crippen LogP contribution in [-0.2, 0) is 35.5 Å². The van der Waals surface area contributed by atoms with Crippen molar-refractivity contribution in [3.63, 3.8) is 0 Å². The molecule has 2 aliphatic rings. The first-order valence-electron chi connectivity index (χ1n) is 15.0. The summed E-state index contributed by atoms with van der Waals surface area (Å²) in [5.74, 6) is -1.97. The first-order chi connectivity index (χ1) is 21.1. The third-order valence-corrected chi connectivity index (χ3v) is 8.70. The van der Waals surface area contributed by atoms with E-state index in [9.17, 15) is 27.9 Å². The van der Waals surface area contributed by atoms with Gasteiger partial charge in [0.1, 0.15) is 29.8 Å². The number of esters is 1. The van der Waals surface area contributed by atoms with Gasteiger partial charge in [-0.15, -0.1) is 0 Å². The van der Waals surface area contributed by atoms with Gasteiger partial charge in [0.15, 0.2) is 12.1 Å². The number of aliphatic carboxylic acids is 1. The number of carboxylic acids is 1. The predicted octanol–water partition coefficient (Wildman–Crippen LogP) is 0.521. The van der Waals surface area contributed by atoms with Crippen LogP contribution in [0.5, 0.6) is 5.75 Å². The van der Waals surface area contributed by atoms with Gasteiger partial charge in [-0.25, -0.2) is 22.7 Å². The van der Waals surface area contributed by atoms with Crippen molar-refractivity contribution in [2.24, 2.45) is 5.73 Å². The van der Waals surface area contributed by atoms with Crippen molar-refractivity contribution in [1.29, 1.82) is 5.41 Å². The summed E-state index contributed by atoms with van der Waals surface area (Å²) >= 11 is 0. The van der Waals surface area contributed by atoms with E-state index in [0.29, 0.717) is 50.3 Å². The zero-order valence-corrected chi connectivity index (χ0v) is 27.1. The third-order valence-electron chi connectivity index (χ3n) is 7.23. The van der Waals surface area contributed by atoms with Gasteiger partial charge >= 0.3 is 18.0 Å². The van der Waals surface area contributed by atoms with Crippen molar-refractivity contribution in [2.45, 2.75) is 76.8 Å². The van der Waals surface area contributed by atoms with Crippen LogP contribution in [0.2, 0.25) is 0 Å². The molecule has 2 heterocycles. The maximum Gasteiger partial charge on any atom is 0.411 e. The van der Waals surface area contributed by atoms with Crippen molar-refractivity contribution in [2.75, 3.05) is 45.1 Å². The molecule has 45 heavy (non-hydrogen) atoms. The van der Waals surface area contributed by atoms with Gasteiger partial charge in [-0.3, -0.25) is 20.0 Å². The van der Waals surface area contributed by atoms with E-state index < -0.39 is 57.9 Å². The summed E-state index contributed by atoms with van der Waals surface area (Å²) in [5.41, 5.74) is 5.74. The minimum absolute atomic E-state index is 0.00480. The Kier molecular flexibility index (Phi) is 12.6. The highest BCUT2D eigenvalue weighted by Crippen LogP contribution is 2.24. The van der Waals surface area contributed by atoms with Crippen LogP contribution in [0.3, 0.4) is 0 Å². The monoisotopic (exact) mass is 654 g/mol. The molecule has 0 aromatic heterocycles. The van der Waals surface area contributed by atoms with Gasteiger partial charge in [-0.2, -0.15) is 0 Å². The average molecular weight is 655 g/mol. The van der Waals surface area contributed by atoms with Crippen LogP contribution in [0.1, 0.15) is 46.1 Å². The van der Waals surface area contributed by atoms with Crippen LogP contribution in [0.25, 0.3) is 0 Å². The summed E-state index contributed by atoms with van der Waals surface area (Å²) in [6.07, 6.45) is -0.467. The molecule has 2 fully saturated rings. The Labute approximate surface area is 264 Å². The molecule has 0 saturated carbocycles. The average Bonchev–Trinajstić information content (AvgIpc) is 3.32. The molecule has 3 rings (SSSR count). The second-order valence-corrected chi connectivity index (χ2v) is 14.0. The normalized spacial score (nSPS) is 19.8. The number of benzene rings is 1. The summed E-state index contributed by atoms with van der Waals surface area (Å²) in [4.78, 5) is 41.4. The zero-order valence-electron chi connectivity index (χ0n) is 26.3. The van der Waals surface area contributed by atoms with Gasteiger partial charge in [0, 0.05) is 26.2 Å². The lowest BCUT2D eigenvalue weighted by Gasteiger charge is -2.40. The molecule has 15 nitrogen and oxygen atoms in total. The Balaban J connectivity index is 1.67. The summed E-state index contributed by atoms with van der Waals surface area (Å²) in [6.45, 7) is 9.26. The molecular formula is C29H46N6O9S. The number of amidine groups is 1. The lowest BCUT2D eigenvalue weighted by molar-refractivity contribution is -0.162. The van der Waals surface area contributed by atoms with Crippen molar-refractivity contribution in [3.8, 4) is 5.75 Å². The van der Waals surface area contributed by atoms with Crippen molar-refractivity contribution in [3.05, 3.63) is 29.8 Å². The van der Waals surface area contributed by atoms with Crippen LogP contribution < -0.4 is 20.5 Å². The first kappa shape index (κ1) is 36.0. The molecular weight excluding hydrogens is 608 g/mol. The van der Waals surface area contributed by atoms with Crippen LogP contribution in [-0.4, -0.2) is 122 Å². The fraction of sp³-hybridized carbons (Fsp3) is 0.655. The third kappa shape index (κ3) is 10.8. The van der Waals surface area contributed by atoms with Crippen molar-refractivity contribution < 1.29 is 42.1 Å². The molecule has 0 spiro atoms. The summed E-state index contributed by atoms with van der Waals surface area (Å²) in [5, 5.41) is 21.1. The van der Waals surface area contributed by atoms with E-state index in [1.54, 1.807) is 45.0 Å². The Morgan fingerprint density at radius 1 is 1.20 bits per heavy atom. The number of rotatable bonds is 16. The number of nitrogens with two attached hydrogens (primary N) is 1. The lowest BCUT2D eigenvalue weighted by Crippen LogP contribution is -2.64. The molecule has 4 atom stereocenters. The molecule has 6 N–H and O–H groups in total. The number of carbonyl (C=O) groups is 3. The largest absolute Gasteiger partial charge is 0.490 e. The number of amides is 1. The van der Waals surface area contributed by atoms with E-state index in [4.69, 9.17) is 25.4 Å². The van der Waals surface area contributed by atoms with Crippen LogP contribution in [0.4, 0.5) is 4.79 Å². The Bertz CT molecular complexity index is 1300. The number of unbranched alkanes of at least 4 members (excludes halogenated alkanes) is 1. The molecule has 252 valence electrons. The molecule has 0 radical (unpaired) electrons. The number of ether oxygens (including phenoxy) is 3. The maximum atomic E-state index is 13.5. The molecule has 2 saturated heterocycles. The van der Waals surface area contributed by atoms with Crippen molar-refractivity contribution in [1.82, 2.24) is 19.8 Å². The predicted molar refractivity (Wildman–Crippen MR) is 166 cm³/mol. The zero-order chi connectivity index (χ0) is 33.4. The van der Waals surface area contributed by atoms with Crippen molar-refractivity contribution >= 4 is 33.9 Å². The van der Waals surface area contributed by atoms with Gasteiger partial charge in [-0.05, 0) is 51.3 Å². The number of nitrogens with one attached hydrogen (secondary N) is 3. The number of cyclic esters (lactones) is 1. The Hall–Kier alpha value is -3.47. The minimum atomic E-state index is -3.74. The van der Waals surface area contributed by atoms with Crippen LogP contribution in [0.15, 0.2) is 24.3 Å². The number of piperazine rings is 1. The van der Waals surface area contributed by atoms with Gasteiger partial charge in [0.05, 0.1) is 18.3 Å². The van der Waals surface area contributed by atoms with E-state index in [2.05, 4.69) is 10.0 Å². The summed E-state index contributed by atoms with van der Waals surface area (Å²) in [6, 6.07) is 3.03. The molecule has 2 aliphatic heterocycles. The van der Waals surface area contributed by atoms with Gasteiger partial charge in [-0.1, -0.05) is 25.5 Å². The highest BCUT2D eigenvalue weighted by atomic mass is 32.2. The van der Waals surface area contributed by atoms with Gasteiger partial charge in [0.25, 0.3) is 0 Å². The van der Waals surface area contributed by atoms with E-state index in [0.717, 1.165) is 0 Å². The smallest absolute Gasteiger partial charge is 0.411 e. The molecule has 0 bridgehead atoms. The minimum Gasteiger partial charge on any atom is -0.490 e. The fourth-order valence-corrected chi connectivity index (χ4v) is 6.51. The number of nitrogens with zero attached hydrogens (tertiary/aromatic N) is 2. The first-order valence-corrected chi connectivity index (χ1v) is 16.7. The summed E-state index contributed by atoms with van der Waals surface area (Å²) in [7, 11) is -3.74. The standard InChI is InChI=1S/C29H46N6O9S/c1-5-6-15-45(40,41)33-22(26(36)37)16-19-7-9-20(10-8-19)42-18-21-17-35(28(39)43-21)24(27(38)44-29(2,3)4)23(25(30)31)34-13-11-32-12-14-34/h7-10,21-24,32-33H,5-6,11-18H2,1-4H3,(H3,30,31)(H,36,37). The SMILES string of the molecule is CCCCS(=O)(=O)NC(Cc1ccc(OCC2CN(C(C(=O)OC(C)(C)C)C(C(=N)N)N3CCNCC3)C(=O)O2)cc1)C(=O)O. The van der Waals surface area contributed by atoms with Gasteiger partial charge < -0.3 is 30.4 Å². The lowest BCUT2D eigenvalue weighted by atomic mass is 10.0. The Morgan fingerprint density at radius 2 is 1.84 bits per heavy atom. The highest BCUT2D eigenvalue weighted by Gasteiger charge is 2.48. The number of sulfonamides is 1. The quantitative estimate of drug-likeness (QED) is 0.0938. The fourth-order valence-electron chi connectivity index (χ4n) is 5.11. The number of hydrogen-bond acceptors (Lipinski definition) is 11. The molecule has 0 aliphatic carbocycles. The second kappa shape index (κ2) is 15.7. The number of hydrogen-bond donors (Lipinski definition) is 5. The maximum absolute atomic E-state index is 13.5. The summed E-state index contributed by atoms with van der Waals surface area (Å²) < 4.78 is 43.7. The molecule has 16 heteroatoms. The van der Waals surface area contributed by atoms with Gasteiger partial charge in [0.2, 0.25) is 10.0 Å². The number of carbonyl (C=O) groups excluding carboxylic acids is 2. The van der Waals surface area contributed by atoms with E-state index in [-0.39, 0.29) is 31.2 Å². The van der Waals surface area contributed by atoms with E-state index in [1.807, 2.05) is 11.8 Å². The second-order valence-electron chi connectivity index (χ2n) is 12.2.